The third-order valence-electron chi connectivity index (χ3n) is 5.65. The van der Waals surface area contributed by atoms with Crippen LogP contribution >= 0.6 is 19.5 Å². The fraction of sp³-hybridized carbons (Fsp3) is 0.320. The molecule has 5 atom stereocenters. The van der Waals surface area contributed by atoms with Crippen LogP contribution < -0.4 is 21.0 Å². The molecule has 1 fully saturated rings. The molecule has 2 heterocycles. The lowest BCUT2D eigenvalue weighted by molar-refractivity contribution is -0.146. The number of anilines is 1. The Hall–Kier alpha value is -3.25. The highest BCUT2D eigenvalue weighted by Gasteiger charge is 2.40. The molecule has 2 unspecified atom stereocenters. The van der Waals surface area contributed by atoms with Gasteiger partial charge in [-0.05, 0) is 49.2 Å². The number of alkyl halides is 1. The fourth-order valence-electron chi connectivity index (χ4n) is 3.71. The van der Waals surface area contributed by atoms with E-state index in [4.69, 9.17) is 19.5 Å². The summed E-state index contributed by atoms with van der Waals surface area (Å²) in [6.45, 7) is 1.11. The molecule has 208 valence electrons. The van der Waals surface area contributed by atoms with E-state index in [1.54, 1.807) is 30.3 Å². The van der Waals surface area contributed by atoms with Crippen LogP contribution in [-0.4, -0.2) is 39.6 Å². The summed E-state index contributed by atoms with van der Waals surface area (Å²) < 4.78 is 59.3. The van der Waals surface area contributed by atoms with E-state index in [9.17, 15) is 22.9 Å². The van der Waals surface area contributed by atoms with Gasteiger partial charge in [0.2, 0.25) is 0 Å². The number of hydrogen-bond donors (Lipinski definition) is 2. The molecule has 1 aliphatic heterocycles. The number of nitrogens with zero attached hydrogens (tertiary/aromatic N) is 2. The third-order valence-corrected chi connectivity index (χ3v) is 8.81. The van der Waals surface area contributed by atoms with Crippen LogP contribution in [-0.2, 0) is 25.2 Å². The largest absolute Gasteiger partial charge is 0.460 e. The lowest BCUT2D eigenvalue weighted by Gasteiger charge is -2.24. The number of esters is 1. The molecule has 39 heavy (non-hydrogen) atoms. The molecule has 4 rings (SSSR count). The number of hydrogen-bond acceptors (Lipinski definition) is 9. The summed E-state index contributed by atoms with van der Waals surface area (Å²) in [6.07, 6.45) is 0.00391. The molecule has 0 spiro atoms. The predicted octanol–water partition coefficient (Wildman–Crippen LogP) is 4.23. The smallest absolute Gasteiger partial charge is 0.459 e. The van der Waals surface area contributed by atoms with Gasteiger partial charge in [0, 0.05) is 11.4 Å². The van der Waals surface area contributed by atoms with Crippen molar-refractivity contribution < 1.29 is 31.9 Å². The molecule has 1 saturated heterocycles. The fourth-order valence-corrected chi connectivity index (χ4v) is 6.76. The van der Waals surface area contributed by atoms with Crippen LogP contribution in [0.25, 0.3) is 0 Å². The van der Waals surface area contributed by atoms with Crippen LogP contribution in [0.4, 0.5) is 14.6 Å². The van der Waals surface area contributed by atoms with E-state index < -0.39 is 48.1 Å². The first-order valence-corrected chi connectivity index (χ1v) is 14.4. The summed E-state index contributed by atoms with van der Waals surface area (Å²) in [6, 6.07) is 13.9. The monoisotopic (exact) mass is 580 g/mol. The van der Waals surface area contributed by atoms with Crippen LogP contribution in [0.5, 0.6) is 5.75 Å². The zero-order valence-corrected chi connectivity index (χ0v) is 22.5. The van der Waals surface area contributed by atoms with Gasteiger partial charge in [0.15, 0.2) is 0 Å². The van der Waals surface area contributed by atoms with Gasteiger partial charge in [-0.15, -0.1) is 11.8 Å². The number of thioether (sulfide) groups is 1. The van der Waals surface area contributed by atoms with Crippen molar-refractivity contribution >= 4 is 31.3 Å². The van der Waals surface area contributed by atoms with Crippen molar-refractivity contribution in [2.45, 2.75) is 42.8 Å². The van der Waals surface area contributed by atoms with Gasteiger partial charge in [0.25, 0.3) is 0 Å². The number of carbonyl (C=O) groups excluding carboxylic acids is 1. The highest BCUT2D eigenvalue weighted by atomic mass is 32.2. The van der Waals surface area contributed by atoms with Gasteiger partial charge >= 0.3 is 19.4 Å². The maximum atomic E-state index is 14.8. The molecule has 2 aromatic carbocycles. The van der Waals surface area contributed by atoms with E-state index in [2.05, 4.69) is 10.1 Å². The molecule has 0 radical (unpaired) electrons. The molecule has 0 aliphatic carbocycles. The Labute approximate surface area is 227 Å². The molecular formula is C25H27F2N4O6PS. The van der Waals surface area contributed by atoms with E-state index in [-0.39, 0.29) is 31.2 Å². The number of carbonyl (C=O) groups is 1. The average Bonchev–Trinajstić information content (AvgIpc) is 3.27. The van der Waals surface area contributed by atoms with E-state index in [0.29, 0.717) is 5.56 Å². The number of aromatic nitrogens is 2. The van der Waals surface area contributed by atoms with E-state index in [1.165, 1.54) is 43.5 Å². The highest BCUT2D eigenvalue weighted by Crippen LogP contribution is 2.48. The van der Waals surface area contributed by atoms with E-state index >= 15 is 0 Å². The second-order valence-electron chi connectivity index (χ2n) is 8.73. The Kier molecular flexibility index (Phi) is 9.39. The number of rotatable bonds is 11. The SMILES string of the molecule is CC(NP(=O)(OC[C@@H]1C[C@H](F)[C@H](n2ccc(N)nc2=O)S1)Oc1ccccc1)C(=O)OCc1ccc(F)cc1. The molecule has 0 saturated carbocycles. The molecule has 3 N–H and O–H groups in total. The Balaban J connectivity index is 1.40. The predicted molar refractivity (Wildman–Crippen MR) is 142 cm³/mol. The Morgan fingerprint density at radius 1 is 1.23 bits per heavy atom. The van der Waals surface area contributed by atoms with Crippen molar-refractivity contribution in [2.24, 2.45) is 0 Å². The van der Waals surface area contributed by atoms with Gasteiger partial charge in [-0.25, -0.2) is 18.1 Å². The van der Waals surface area contributed by atoms with Crippen molar-refractivity contribution in [1.82, 2.24) is 14.6 Å². The summed E-state index contributed by atoms with van der Waals surface area (Å²) in [5.41, 5.74) is 5.41. The number of para-hydroxylation sites is 1. The third kappa shape index (κ3) is 7.89. The Bertz CT molecular complexity index is 1380. The second-order valence-corrected chi connectivity index (χ2v) is 11.8. The zero-order valence-electron chi connectivity index (χ0n) is 20.8. The molecule has 10 nitrogen and oxygen atoms in total. The minimum Gasteiger partial charge on any atom is -0.460 e. The van der Waals surface area contributed by atoms with Crippen LogP contribution in [0.15, 0.2) is 71.7 Å². The topological polar surface area (TPSA) is 135 Å². The van der Waals surface area contributed by atoms with Gasteiger partial charge < -0.3 is 15.0 Å². The van der Waals surface area contributed by atoms with Crippen molar-refractivity contribution in [3.05, 3.63) is 88.7 Å². The molecule has 1 aliphatic rings. The standard InChI is InChI=1S/C25H27F2N4O6PS/c1-16(24(32)35-14-17-7-9-18(26)10-8-17)30-38(34,37-19-5-3-2-4-6-19)36-15-20-13-21(27)23(39-20)31-12-11-22(28)29-25(31)33/h2-12,16,20-21,23H,13-15H2,1H3,(H,30,34)(H2,28,29,33)/t16?,20-,21-,23+,38?/m0/s1. The molecule has 0 bridgehead atoms. The van der Waals surface area contributed by atoms with Crippen LogP contribution in [0.1, 0.15) is 24.3 Å². The minimum atomic E-state index is -4.17. The summed E-state index contributed by atoms with van der Waals surface area (Å²) in [4.78, 5) is 28.4. The van der Waals surface area contributed by atoms with Gasteiger partial charge in [-0.1, -0.05) is 30.3 Å². The first-order chi connectivity index (χ1) is 18.6. The molecule has 0 amide bonds. The number of nitrogens with one attached hydrogen (secondary N) is 1. The average molecular weight is 581 g/mol. The van der Waals surface area contributed by atoms with Crippen LogP contribution in [0.2, 0.25) is 0 Å². The summed E-state index contributed by atoms with van der Waals surface area (Å²) in [7, 11) is -4.17. The van der Waals surface area contributed by atoms with Crippen LogP contribution in [0.3, 0.4) is 0 Å². The highest BCUT2D eigenvalue weighted by molar-refractivity contribution is 8.00. The summed E-state index contributed by atoms with van der Waals surface area (Å²) in [5, 5.41) is 1.23. The van der Waals surface area contributed by atoms with Gasteiger partial charge in [-0.2, -0.15) is 10.1 Å². The van der Waals surface area contributed by atoms with Gasteiger partial charge in [-0.3, -0.25) is 13.9 Å². The van der Waals surface area contributed by atoms with E-state index in [1.807, 2.05) is 0 Å². The number of benzene rings is 2. The first-order valence-electron chi connectivity index (χ1n) is 11.9. The number of nitrogen functional groups attached to an aromatic ring is 1. The molecule has 1 aromatic heterocycles. The lowest BCUT2D eigenvalue weighted by atomic mass is 10.2. The lowest BCUT2D eigenvalue weighted by Crippen LogP contribution is -2.35. The second kappa shape index (κ2) is 12.7. The Morgan fingerprint density at radius 3 is 2.64 bits per heavy atom. The van der Waals surface area contributed by atoms with Gasteiger partial charge in [0.05, 0.1) is 6.61 Å². The van der Waals surface area contributed by atoms with E-state index in [0.717, 1.165) is 16.3 Å². The Morgan fingerprint density at radius 2 is 1.95 bits per heavy atom. The quantitative estimate of drug-likeness (QED) is 0.251. The maximum Gasteiger partial charge on any atom is 0.459 e. The van der Waals surface area contributed by atoms with Crippen molar-refractivity contribution in [1.29, 1.82) is 0 Å². The zero-order chi connectivity index (χ0) is 28.0. The van der Waals surface area contributed by atoms with Crippen molar-refractivity contribution in [2.75, 3.05) is 12.3 Å². The molecule has 14 heteroatoms. The van der Waals surface area contributed by atoms with Crippen molar-refractivity contribution in [3.8, 4) is 5.75 Å². The van der Waals surface area contributed by atoms with Crippen LogP contribution in [0, 0.1) is 5.82 Å². The summed E-state index contributed by atoms with van der Waals surface area (Å²) >= 11 is 1.13. The number of ether oxygens (including phenoxy) is 1. The molecule has 3 aromatic rings. The first kappa shape index (κ1) is 28.8. The maximum absolute atomic E-state index is 14.8. The normalized spacial score (nSPS) is 21.2. The number of halogens is 2. The molecular weight excluding hydrogens is 553 g/mol. The summed E-state index contributed by atoms with van der Waals surface area (Å²) in [5.74, 6) is -0.904. The van der Waals surface area contributed by atoms with Gasteiger partial charge in [0.1, 0.15) is 41.6 Å². The number of nitrogens with two attached hydrogens (primary N) is 1. The minimum absolute atomic E-state index is 0.0206. The van der Waals surface area contributed by atoms with Crippen molar-refractivity contribution in [3.63, 3.8) is 0 Å².